The summed E-state index contributed by atoms with van der Waals surface area (Å²) in [5, 5.41) is 3.13. The average Bonchev–Trinajstić information content (AvgIpc) is 2.71. The number of nitrogens with one attached hydrogen (secondary N) is 1. The number of rotatable bonds is 5. The molecule has 1 aromatic carbocycles. The van der Waals surface area contributed by atoms with E-state index >= 15 is 0 Å². The molecular formula is C21H24ClF2N5OS. The molecule has 0 unspecified atom stereocenters. The number of halogens is 3. The van der Waals surface area contributed by atoms with E-state index in [1.807, 2.05) is 13.8 Å². The van der Waals surface area contributed by atoms with E-state index in [9.17, 15) is 13.6 Å². The number of nitrogens with two attached hydrogens (primary N) is 1. The quantitative estimate of drug-likeness (QED) is 0.688. The van der Waals surface area contributed by atoms with Crippen molar-refractivity contribution in [1.82, 2.24) is 4.98 Å². The van der Waals surface area contributed by atoms with Crippen LogP contribution in [0.1, 0.15) is 36.8 Å². The molecule has 3 N–H and O–H groups in total. The number of carbonyl (C=O) groups is 1. The van der Waals surface area contributed by atoms with Crippen molar-refractivity contribution in [1.29, 1.82) is 0 Å². The maximum atomic E-state index is 14.9. The number of alkyl halides is 1. The predicted molar refractivity (Wildman–Crippen MR) is 122 cm³/mol. The summed E-state index contributed by atoms with van der Waals surface area (Å²) in [7, 11) is -0.660. The van der Waals surface area contributed by atoms with Crippen LogP contribution >= 0.6 is 11.6 Å². The smallest absolute Gasteiger partial charge is 0.274 e. The van der Waals surface area contributed by atoms with Crippen molar-refractivity contribution in [2.45, 2.75) is 31.1 Å². The predicted octanol–water partition coefficient (Wildman–Crippen LogP) is 4.26. The van der Waals surface area contributed by atoms with E-state index in [1.54, 1.807) is 13.0 Å². The normalized spacial score (nSPS) is 22.8. The summed E-state index contributed by atoms with van der Waals surface area (Å²) in [6.07, 6.45) is 1.37. The van der Waals surface area contributed by atoms with Gasteiger partial charge in [-0.1, -0.05) is 22.3 Å². The Kier molecular flexibility index (Phi) is 6.76. The van der Waals surface area contributed by atoms with Gasteiger partial charge in [0.25, 0.3) is 5.91 Å². The molecule has 0 saturated heterocycles. The minimum absolute atomic E-state index is 0.0581. The first-order valence-corrected chi connectivity index (χ1v) is 11.3. The standard InChI is InChI=1S/C21H24ClF2N5OS/c1-20(2)19(25)29-21(3,12-31(20)27-9-8-23)15-10-14(5-6-16(15)24)28-18(30)17-7-4-13(22)11-26-17/h4-7,10-11H,8-9,12H2,1-3H3,(H2,25,29)(H,28,30)/t21-,31-/m0/s1. The van der Waals surface area contributed by atoms with E-state index in [1.165, 1.54) is 30.5 Å². The first-order chi connectivity index (χ1) is 14.6. The molecule has 1 amide bonds. The van der Waals surface area contributed by atoms with Crippen LogP contribution in [0.4, 0.5) is 14.5 Å². The highest BCUT2D eigenvalue weighted by Gasteiger charge is 2.42. The third-order valence-electron chi connectivity index (χ3n) is 5.09. The Bertz CT molecular complexity index is 1060. The topological polar surface area (TPSA) is 92.7 Å². The summed E-state index contributed by atoms with van der Waals surface area (Å²) in [4.78, 5) is 21.1. The van der Waals surface area contributed by atoms with E-state index in [4.69, 9.17) is 17.3 Å². The third-order valence-corrected chi connectivity index (χ3v) is 8.03. The number of pyridine rings is 1. The van der Waals surface area contributed by atoms with Gasteiger partial charge in [0.2, 0.25) is 0 Å². The van der Waals surface area contributed by atoms with Crippen molar-refractivity contribution in [3.05, 3.63) is 58.6 Å². The SMILES string of the molecule is CC1(C)C(N)=N[C@](C)(c2cc(NC(=O)c3ccc(Cl)cn3)ccc2F)C[S@@]1=NCCF. The Morgan fingerprint density at radius 1 is 1.32 bits per heavy atom. The molecule has 31 heavy (non-hydrogen) atoms. The lowest BCUT2D eigenvalue weighted by Gasteiger charge is -2.40. The number of hydrogen-bond acceptors (Lipinski definition) is 5. The fraction of sp³-hybridized carbons (Fsp3) is 0.381. The maximum absolute atomic E-state index is 14.9. The van der Waals surface area contributed by atoms with Crippen LogP contribution in [0, 0.1) is 5.82 Å². The first kappa shape index (κ1) is 23.3. The monoisotopic (exact) mass is 467 g/mol. The van der Waals surface area contributed by atoms with Crippen LogP contribution in [0.25, 0.3) is 0 Å². The summed E-state index contributed by atoms with van der Waals surface area (Å²) in [6.45, 7) is 5.07. The van der Waals surface area contributed by atoms with E-state index in [2.05, 4.69) is 19.7 Å². The molecule has 0 radical (unpaired) electrons. The Morgan fingerprint density at radius 3 is 2.71 bits per heavy atom. The van der Waals surface area contributed by atoms with Crippen LogP contribution in [0.5, 0.6) is 0 Å². The van der Waals surface area contributed by atoms with Crippen molar-refractivity contribution in [2.24, 2.45) is 15.1 Å². The summed E-state index contributed by atoms with van der Waals surface area (Å²) in [5.41, 5.74) is 6.07. The van der Waals surface area contributed by atoms with Crippen LogP contribution in [0.2, 0.25) is 5.02 Å². The molecule has 2 heterocycles. The van der Waals surface area contributed by atoms with Crippen LogP contribution in [-0.4, -0.2) is 40.4 Å². The van der Waals surface area contributed by atoms with Crippen molar-refractivity contribution in [2.75, 3.05) is 24.3 Å². The van der Waals surface area contributed by atoms with Crippen LogP contribution < -0.4 is 11.1 Å². The summed E-state index contributed by atoms with van der Waals surface area (Å²) in [6, 6.07) is 7.32. The molecule has 166 valence electrons. The van der Waals surface area contributed by atoms with Crippen molar-refractivity contribution < 1.29 is 13.6 Å². The lowest BCUT2D eigenvalue weighted by Crippen LogP contribution is -2.52. The second kappa shape index (κ2) is 9.00. The minimum Gasteiger partial charge on any atom is -0.386 e. The molecule has 0 fully saturated rings. The molecule has 10 heteroatoms. The van der Waals surface area contributed by atoms with Gasteiger partial charge in [0.1, 0.15) is 24.0 Å². The number of nitrogens with zero attached hydrogens (tertiary/aromatic N) is 3. The van der Waals surface area contributed by atoms with Gasteiger partial charge in [0.05, 0.1) is 21.9 Å². The van der Waals surface area contributed by atoms with Gasteiger partial charge in [0, 0.05) is 23.2 Å². The van der Waals surface area contributed by atoms with E-state index in [-0.39, 0.29) is 17.8 Å². The van der Waals surface area contributed by atoms with E-state index < -0.39 is 39.4 Å². The molecule has 1 aliphatic rings. The molecular weight excluding hydrogens is 444 g/mol. The molecule has 0 spiro atoms. The molecule has 2 atom stereocenters. The zero-order valence-electron chi connectivity index (χ0n) is 17.5. The van der Waals surface area contributed by atoms with Crippen molar-refractivity contribution in [3.8, 4) is 0 Å². The number of aromatic nitrogens is 1. The number of carbonyl (C=O) groups excluding carboxylic acids is 1. The fourth-order valence-corrected chi connectivity index (χ4v) is 5.43. The lowest BCUT2D eigenvalue weighted by molar-refractivity contribution is 0.102. The number of benzene rings is 1. The Morgan fingerprint density at radius 2 is 2.06 bits per heavy atom. The van der Waals surface area contributed by atoms with Crippen molar-refractivity contribution >= 4 is 39.7 Å². The van der Waals surface area contributed by atoms with Crippen molar-refractivity contribution in [3.63, 3.8) is 0 Å². The maximum Gasteiger partial charge on any atom is 0.274 e. The number of aliphatic imine (C=N–C) groups is 1. The number of anilines is 1. The molecule has 2 aromatic rings. The summed E-state index contributed by atoms with van der Waals surface area (Å²) >= 11 is 5.81. The average molecular weight is 468 g/mol. The summed E-state index contributed by atoms with van der Waals surface area (Å²) < 4.78 is 31.5. The fourth-order valence-electron chi connectivity index (χ4n) is 3.21. The minimum atomic E-state index is -1.01. The number of amides is 1. The van der Waals surface area contributed by atoms with Gasteiger partial charge in [-0.3, -0.25) is 14.1 Å². The van der Waals surface area contributed by atoms with Gasteiger partial charge >= 0.3 is 0 Å². The van der Waals surface area contributed by atoms with E-state index in [0.717, 1.165) is 0 Å². The van der Waals surface area contributed by atoms with Gasteiger partial charge in [-0.2, -0.15) is 0 Å². The van der Waals surface area contributed by atoms with Gasteiger partial charge in [0.15, 0.2) is 0 Å². The highest BCUT2D eigenvalue weighted by Crippen LogP contribution is 2.38. The Hall–Kier alpha value is -2.39. The molecule has 0 aliphatic carbocycles. The highest BCUT2D eigenvalue weighted by atomic mass is 35.5. The number of hydrogen-bond donors (Lipinski definition) is 2. The van der Waals surface area contributed by atoms with Crippen LogP contribution in [0.15, 0.2) is 45.9 Å². The molecule has 1 aliphatic heterocycles. The molecule has 1 aromatic heterocycles. The van der Waals surface area contributed by atoms with Gasteiger partial charge in [-0.15, -0.1) is 0 Å². The van der Waals surface area contributed by atoms with Gasteiger partial charge < -0.3 is 11.1 Å². The Labute approximate surface area is 187 Å². The Balaban J connectivity index is 1.96. The lowest BCUT2D eigenvalue weighted by atomic mass is 9.92. The highest BCUT2D eigenvalue weighted by molar-refractivity contribution is 7.89. The zero-order valence-corrected chi connectivity index (χ0v) is 19.0. The molecule has 3 rings (SSSR count). The summed E-state index contributed by atoms with van der Waals surface area (Å²) in [5.74, 6) is -0.208. The van der Waals surface area contributed by atoms with E-state index in [0.29, 0.717) is 22.3 Å². The molecule has 0 bridgehead atoms. The largest absolute Gasteiger partial charge is 0.386 e. The molecule has 6 nitrogen and oxygen atoms in total. The first-order valence-electron chi connectivity index (χ1n) is 9.60. The second-order valence-electron chi connectivity index (χ2n) is 7.84. The molecule has 0 saturated carbocycles. The van der Waals surface area contributed by atoms with Gasteiger partial charge in [-0.25, -0.2) is 13.8 Å². The number of amidine groups is 1. The third kappa shape index (κ3) is 4.93. The van der Waals surface area contributed by atoms with Gasteiger partial charge in [-0.05, 0) is 51.1 Å². The van der Waals surface area contributed by atoms with Crippen LogP contribution in [-0.2, 0) is 16.2 Å². The zero-order chi connectivity index (χ0) is 22.8. The van der Waals surface area contributed by atoms with Crippen LogP contribution in [0.3, 0.4) is 0 Å². The second-order valence-corrected chi connectivity index (χ2v) is 10.6.